The van der Waals surface area contributed by atoms with Crippen molar-refractivity contribution in [3.8, 4) is 0 Å². The molecule has 10 heteroatoms. The van der Waals surface area contributed by atoms with E-state index in [1.807, 2.05) is 28.8 Å². The molecule has 0 saturated carbocycles. The van der Waals surface area contributed by atoms with E-state index < -0.39 is 0 Å². The van der Waals surface area contributed by atoms with Crippen molar-refractivity contribution in [3.05, 3.63) is 24.3 Å². The lowest BCUT2D eigenvalue weighted by atomic mass is 10.2. The first-order valence-corrected chi connectivity index (χ1v) is 6.92. The lowest BCUT2D eigenvalue weighted by Gasteiger charge is -2.07. The number of hydrogen-bond donors (Lipinski definition) is 3. The van der Waals surface area contributed by atoms with Crippen molar-refractivity contribution in [3.63, 3.8) is 0 Å². The van der Waals surface area contributed by atoms with Crippen molar-refractivity contribution in [2.24, 2.45) is 16.8 Å². The van der Waals surface area contributed by atoms with Crippen LogP contribution in [0.15, 0.2) is 34.0 Å². The average molecular weight is 311 g/mol. The second-order valence-electron chi connectivity index (χ2n) is 4.95. The second-order valence-corrected chi connectivity index (χ2v) is 4.95. The molecule has 3 heterocycles. The highest BCUT2D eigenvalue weighted by atomic mass is 16.6. The van der Waals surface area contributed by atoms with Crippen LogP contribution in [-0.2, 0) is 6.54 Å². The van der Waals surface area contributed by atoms with Crippen molar-refractivity contribution >= 4 is 39.2 Å². The number of hydrazone groups is 1. The number of nitrogens with two attached hydrogens (primary N) is 2. The highest BCUT2D eigenvalue weighted by Crippen LogP contribution is 2.27. The van der Waals surface area contributed by atoms with E-state index in [4.69, 9.17) is 16.3 Å². The van der Waals surface area contributed by atoms with Gasteiger partial charge in [0.2, 0.25) is 11.3 Å². The molecule has 0 aliphatic heterocycles. The van der Waals surface area contributed by atoms with E-state index in [1.165, 1.54) is 0 Å². The van der Waals surface area contributed by atoms with Crippen molar-refractivity contribution in [1.29, 1.82) is 0 Å². The third-order valence-corrected chi connectivity index (χ3v) is 3.70. The van der Waals surface area contributed by atoms with E-state index in [2.05, 4.69) is 30.8 Å². The summed E-state index contributed by atoms with van der Waals surface area (Å²) in [5.41, 5.74) is 5.67. The maximum atomic E-state index is 5.38. The van der Waals surface area contributed by atoms with Crippen LogP contribution in [0.3, 0.4) is 0 Å². The highest BCUT2D eigenvalue weighted by molar-refractivity contribution is 6.05. The first-order chi connectivity index (χ1) is 11.3. The third kappa shape index (κ3) is 2.04. The number of amidine groups is 1. The zero-order valence-electron chi connectivity index (χ0n) is 12.0. The Kier molecular flexibility index (Phi) is 3.01. The summed E-state index contributed by atoms with van der Waals surface area (Å²) in [6, 6.07) is 7.90. The summed E-state index contributed by atoms with van der Waals surface area (Å²) < 4.78 is 6.72. The summed E-state index contributed by atoms with van der Waals surface area (Å²) in [5.74, 6) is 11.2. The van der Waals surface area contributed by atoms with E-state index in [0.717, 1.165) is 16.4 Å². The van der Waals surface area contributed by atoms with Crippen molar-refractivity contribution < 1.29 is 4.63 Å². The molecule has 0 unspecified atom stereocenters. The molecule has 5 N–H and O–H groups in total. The summed E-state index contributed by atoms with van der Waals surface area (Å²) in [6.07, 6.45) is 0.525. The van der Waals surface area contributed by atoms with Gasteiger partial charge >= 0.3 is 0 Å². The summed E-state index contributed by atoms with van der Waals surface area (Å²) >= 11 is 0. The van der Waals surface area contributed by atoms with Crippen LogP contribution in [-0.4, -0.2) is 30.7 Å². The second kappa shape index (κ2) is 5.18. The molecule has 0 spiro atoms. The van der Waals surface area contributed by atoms with Gasteiger partial charge in [-0.3, -0.25) is 0 Å². The molecule has 116 valence electrons. The van der Waals surface area contributed by atoms with Gasteiger partial charge in [0.15, 0.2) is 5.65 Å². The third-order valence-electron chi connectivity index (χ3n) is 3.70. The van der Waals surface area contributed by atoms with Gasteiger partial charge in [-0.25, -0.2) is 20.4 Å². The predicted octanol–water partition coefficient (Wildman–Crippen LogP) is 0.246. The quantitative estimate of drug-likeness (QED) is 0.211. The molecular weight excluding hydrogens is 298 g/mol. The van der Waals surface area contributed by atoms with Crippen LogP contribution in [0.4, 0.5) is 0 Å². The van der Waals surface area contributed by atoms with Gasteiger partial charge in [0, 0.05) is 18.4 Å². The van der Waals surface area contributed by atoms with E-state index in [9.17, 15) is 0 Å². The van der Waals surface area contributed by atoms with Crippen LogP contribution >= 0.6 is 0 Å². The van der Waals surface area contributed by atoms with Gasteiger partial charge in [-0.1, -0.05) is 18.2 Å². The summed E-state index contributed by atoms with van der Waals surface area (Å²) in [5, 5.41) is 12.1. The fourth-order valence-corrected chi connectivity index (χ4v) is 2.64. The largest absolute Gasteiger partial charge is 0.323 e. The minimum atomic E-state index is 0.367. The fraction of sp³-hybridized carbons (Fsp3) is 0.154. The Morgan fingerprint density at radius 3 is 2.78 bits per heavy atom. The Bertz CT molecular complexity index is 1030. The Hall–Kier alpha value is -3.27. The number of nitrogens with zero attached hydrogens (tertiary/aromatic N) is 6. The molecule has 0 radical (unpaired) electrons. The lowest BCUT2D eigenvalue weighted by molar-refractivity contribution is 0.314. The molecule has 4 aromatic rings. The Morgan fingerprint density at radius 2 is 2.00 bits per heavy atom. The number of rotatable bonds is 3. The number of benzene rings is 1. The molecular formula is C13H13N9O. The topological polar surface area (TPSA) is 146 Å². The van der Waals surface area contributed by atoms with Crippen molar-refractivity contribution in [2.45, 2.75) is 13.0 Å². The molecule has 0 aliphatic rings. The monoisotopic (exact) mass is 311 g/mol. The van der Waals surface area contributed by atoms with E-state index in [0.29, 0.717) is 35.7 Å². The lowest BCUT2D eigenvalue weighted by Crippen LogP contribution is -2.32. The first-order valence-electron chi connectivity index (χ1n) is 6.92. The SMILES string of the molecule is NN=C(CCn1c2ccccc2c2nc3nonc3nc21)NN. The van der Waals surface area contributed by atoms with Crippen LogP contribution < -0.4 is 17.1 Å². The molecule has 1 aromatic carbocycles. The molecule has 10 nitrogen and oxygen atoms in total. The van der Waals surface area contributed by atoms with Crippen molar-refractivity contribution in [2.75, 3.05) is 0 Å². The Morgan fingerprint density at radius 1 is 1.22 bits per heavy atom. The number of fused-ring (bicyclic) bond motifs is 4. The standard InChI is InChI=1S/C13H13N9O/c14-18-9(19-15)5-6-22-8-4-2-1-3-7(8)10-13(22)17-12-11(16-10)20-23-21-12/h1-4H,5-6,14-15H2,(H,18,19). The maximum Gasteiger partial charge on any atom is 0.245 e. The van der Waals surface area contributed by atoms with Crippen LogP contribution in [0, 0.1) is 0 Å². The van der Waals surface area contributed by atoms with Gasteiger partial charge in [0.1, 0.15) is 11.4 Å². The highest BCUT2D eigenvalue weighted by Gasteiger charge is 2.16. The van der Waals surface area contributed by atoms with Crippen molar-refractivity contribution in [1.82, 2.24) is 30.3 Å². The first kappa shape index (κ1) is 13.4. The van der Waals surface area contributed by atoms with Crippen LogP contribution in [0.5, 0.6) is 0 Å². The average Bonchev–Trinajstić information content (AvgIpc) is 3.16. The van der Waals surface area contributed by atoms with Crippen LogP contribution in [0.25, 0.3) is 33.4 Å². The molecule has 0 aliphatic carbocycles. The number of nitrogens with one attached hydrogen (secondary N) is 1. The van der Waals surface area contributed by atoms with Gasteiger partial charge in [-0.15, -0.1) is 0 Å². The Balaban J connectivity index is 1.95. The predicted molar refractivity (Wildman–Crippen MR) is 84.0 cm³/mol. The molecule has 0 atom stereocenters. The molecule has 23 heavy (non-hydrogen) atoms. The summed E-state index contributed by atoms with van der Waals surface area (Å²) in [4.78, 5) is 9.02. The maximum absolute atomic E-state index is 5.38. The summed E-state index contributed by atoms with van der Waals surface area (Å²) in [7, 11) is 0. The zero-order chi connectivity index (χ0) is 15.8. The van der Waals surface area contributed by atoms with E-state index in [-0.39, 0.29) is 0 Å². The van der Waals surface area contributed by atoms with Gasteiger partial charge in [-0.2, -0.15) is 5.10 Å². The molecule has 0 bridgehead atoms. The number of aromatic nitrogens is 5. The van der Waals surface area contributed by atoms with E-state index in [1.54, 1.807) is 0 Å². The minimum Gasteiger partial charge on any atom is -0.323 e. The van der Waals surface area contributed by atoms with Gasteiger partial charge in [0.05, 0.1) is 5.52 Å². The smallest absolute Gasteiger partial charge is 0.245 e. The fourth-order valence-electron chi connectivity index (χ4n) is 2.64. The van der Waals surface area contributed by atoms with Gasteiger partial charge in [-0.05, 0) is 16.4 Å². The van der Waals surface area contributed by atoms with Gasteiger partial charge in [0.25, 0.3) is 0 Å². The molecule has 0 saturated heterocycles. The minimum absolute atomic E-state index is 0.367. The molecule has 4 rings (SSSR count). The molecule has 3 aromatic heterocycles. The molecule has 0 amide bonds. The van der Waals surface area contributed by atoms with Crippen LogP contribution in [0.2, 0.25) is 0 Å². The number of hydrogen-bond acceptors (Lipinski definition) is 8. The summed E-state index contributed by atoms with van der Waals surface area (Å²) in [6.45, 7) is 0.579. The normalized spacial score (nSPS) is 12.5. The zero-order valence-corrected chi connectivity index (χ0v) is 12.0. The molecule has 0 fully saturated rings. The number of aryl methyl sites for hydroxylation is 1. The number of para-hydroxylation sites is 1. The Labute approximate surface area is 129 Å². The van der Waals surface area contributed by atoms with Crippen LogP contribution in [0.1, 0.15) is 6.42 Å². The number of hydrazine groups is 1. The van der Waals surface area contributed by atoms with Gasteiger partial charge < -0.3 is 15.8 Å². The van der Waals surface area contributed by atoms with E-state index >= 15 is 0 Å².